The van der Waals surface area contributed by atoms with Crippen LogP contribution in [0.4, 0.5) is 0 Å². The molecule has 0 fully saturated rings. The third-order valence-electron chi connectivity index (χ3n) is 5.21. The summed E-state index contributed by atoms with van der Waals surface area (Å²) in [5.41, 5.74) is 4.03. The number of hydrogen-bond acceptors (Lipinski definition) is 0. The number of aromatic amines is 1. The van der Waals surface area contributed by atoms with E-state index in [9.17, 15) is 0 Å². The first kappa shape index (κ1) is 19.4. The van der Waals surface area contributed by atoms with E-state index < -0.39 is 18.3 Å². The van der Waals surface area contributed by atoms with Crippen LogP contribution in [0.5, 0.6) is 0 Å². The number of para-hydroxylation sites is 1. The summed E-state index contributed by atoms with van der Waals surface area (Å²) in [6.07, 6.45) is 4.66. The molecule has 0 saturated heterocycles. The molecule has 0 aliphatic heterocycles. The normalized spacial score (nSPS) is 16.4. The van der Waals surface area contributed by atoms with Crippen molar-refractivity contribution >= 4 is 49.4 Å². The molecule has 0 saturated carbocycles. The number of benzene rings is 2. The van der Waals surface area contributed by atoms with Crippen LogP contribution in [0.25, 0.3) is 17.0 Å². The average Bonchev–Trinajstić information content (AvgIpc) is 3.12. The molecule has 1 unspecified atom stereocenters. The summed E-state index contributed by atoms with van der Waals surface area (Å²) in [6, 6.07) is 19.6. The fourth-order valence-electron chi connectivity index (χ4n) is 3.74. The molecule has 2 aromatic carbocycles. The quantitative estimate of drug-likeness (QED) is 0.533. The van der Waals surface area contributed by atoms with E-state index in [1.807, 2.05) is 0 Å². The first-order valence-electron chi connectivity index (χ1n) is 7.87. The molecule has 4 heteroatoms. The van der Waals surface area contributed by atoms with E-state index in [-0.39, 0.29) is 24.8 Å². The van der Waals surface area contributed by atoms with Crippen molar-refractivity contribution in [2.75, 3.05) is 0 Å². The fraction of sp³-hybridized carbons (Fsp3) is 0.150. The molecule has 24 heavy (non-hydrogen) atoms. The Hall–Kier alpha value is -0.947. The van der Waals surface area contributed by atoms with Crippen molar-refractivity contribution < 1.29 is 18.3 Å². The predicted molar refractivity (Wildman–Crippen MR) is 109 cm³/mol. The molecule has 0 radical (unpaired) electrons. The molecule has 1 N–H and O–H groups in total. The van der Waals surface area contributed by atoms with Gasteiger partial charge in [-0.3, -0.25) is 0 Å². The van der Waals surface area contributed by atoms with Gasteiger partial charge in [0.2, 0.25) is 0 Å². The van der Waals surface area contributed by atoms with E-state index in [0.29, 0.717) is 3.63 Å². The van der Waals surface area contributed by atoms with Crippen LogP contribution >= 0.6 is 24.8 Å². The summed E-state index contributed by atoms with van der Waals surface area (Å²) in [5, 5.41) is 1.29. The second-order valence-electron chi connectivity index (χ2n) is 7.55. The number of fused-ring (bicyclic) bond motifs is 2. The summed E-state index contributed by atoms with van der Waals surface area (Å²) < 4.78 is 11.6. The van der Waals surface area contributed by atoms with Gasteiger partial charge < -0.3 is 0 Å². The first-order chi connectivity index (χ1) is 10.4. The molecule has 1 aliphatic carbocycles. The van der Waals surface area contributed by atoms with Gasteiger partial charge in [-0.2, -0.15) is 0 Å². The van der Waals surface area contributed by atoms with E-state index >= 15 is 0 Å². The van der Waals surface area contributed by atoms with Crippen LogP contribution in [-0.2, 0) is 18.3 Å². The average molecular weight is 440 g/mol. The van der Waals surface area contributed by atoms with Crippen molar-refractivity contribution in [3.05, 3.63) is 71.8 Å². The van der Waals surface area contributed by atoms with Gasteiger partial charge in [0.1, 0.15) is 0 Å². The van der Waals surface area contributed by atoms with Crippen LogP contribution in [0.15, 0.2) is 60.7 Å². The van der Waals surface area contributed by atoms with Crippen LogP contribution in [0.1, 0.15) is 14.8 Å². The minimum absolute atomic E-state index is 0. The maximum atomic E-state index is 4.88. The number of nitrogens with one attached hydrogen (secondary N) is 1. The van der Waals surface area contributed by atoms with Crippen molar-refractivity contribution in [1.82, 2.24) is 4.98 Å². The fourth-order valence-corrected chi connectivity index (χ4v) is 12.3. The van der Waals surface area contributed by atoms with Crippen LogP contribution < -0.4 is 3.40 Å². The molecular formula is C20H23Cl2NZr. The van der Waals surface area contributed by atoms with Gasteiger partial charge in [0.05, 0.1) is 0 Å². The number of rotatable bonds is 2. The summed E-state index contributed by atoms with van der Waals surface area (Å²) in [7, 11) is 0. The number of allylic oxidation sites excluding steroid dienone is 1. The van der Waals surface area contributed by atoms with Crippen LogP contribution in [-0.4, -0.2) is 9.20 Å². The van der Waals surface area contributed by atoms with Crippen LogP contribution in [0, 0.1) is 0 Å². The molecule has 126 valence electrons. The van der Waals surface area contributed by atoms with Gasteiger partial charge in [-0.05, 0) is 0 Å². The zero-order valence-electron chi connectivity index (χ0n) is 14.0. The molecule has 3 aromatic rings. The molecule has 0 amide bonds. The molecule has 1 aliphatic rings. The van der Waals surface area contributed by atoms with Crippen molar-refractivity contribution in [3.63, 3.8) is 0 Å². The molecule has 1 heterocycles. The van der Waals surface area contributed by atoms with Gasteiger partial charge in [0, 0.05) is 0 Å². The SMILES string of the molecule is Cl.Cl.[CH2]=[Zr]([CH3])([CH3])([c]1cc2ccccc2[nH]1)[CH]1C=Cc2ccccc21. The maximum absolute atomic E-state index is 4.88. The summed E-state index contributed by atoms with van der Waals surface area (Å²) in [6.45, 7) is 0. The number of hydrogen-bond donors (Lipinski definition) is 1. The Morgan fingerprint density at radius 2 is 1.62 bits per heavy atom. The third kappa shape index (κ3) is 2.90. The molecule has 1 aromatic heterocycles. The van der Waals surface area contributed by atoms with Crippen molar-refractivity contribution in [3.8, 4) is 0 Å². The standard InChI is InChI=1S/C9H7.C8H6N.2CH3.CH2.2ClH.Zr/c1-2-5-9-7-3-6-8(9)4-1;1-2-4-8-7(3-1)5-6-9-8;;;;;;/h1-7H;1-5,9H;2*1H3;1H2;2*1H;. The van der Waals surface area contributed by atoms with Gasteiger partial charge >= 0.3 is 133 Å². The van der Waals surface area contributed by atoms with Gasteiger partial charge in [-0.15, -0.1) is 24.8 Å². The second-order valence-corrected chi connectivity index (χ2v) is 24.2. The van der Waals surface area contributed by atoms with Crippen LogP contribution in [0.2, 0.25) is 9.26 Å². The Morgan fingerprint density at radius 3 is 2.38 bits per heavy atom. The zero-order chi connectivity index (χ0) is 15.4. The predicted octanol–water partition coefficient (Wildman–Crippen LogP) is 5.62. The molecule has 0 spiro atoms. The number of aromatic nitrogens is 1. The Bertz CT molecular complexity index is 945. The van der Waals surface area contributed by atoms with E-state index in [0.717, 1.165) is 0 Å². The molecule has 1 atom stereocenters. The van der Waals surface area contributed by atoms with Crippen molar-refractivity contribution in [1.29, 1.82) is 0 Å². The second kappa shape index (κ2) is 6.41. The monoisotopic (exact) mass is 437 g/mol. The van der Waals surface area contributed by atoms with Crippen molar-refractivity contribution in [2.24, 2.45) is 0 Å². The van der Waals surface area contributed by atoms with Crippen molar-refractivity contribution in [2.45, 2.75) is 12.9 Å². The number of H-pyrrole nitrogens is 1. The van der Waals surface area contributed by atoms with E-state index in [2.05, 4.69) is 81.0 Å². The Balaban J connectivity index is 0.00000104. The number of halogens is 2. The van der Waals surface area contributed by atoms with E-state index in [1.165, 1.54) is 25.4 Å². The topological polar surface area (TPSA) is 15.8 Å². The van der Waals surface area contributed by atoms with E-state index in [4.69, 9.17) is 4.21 Å². The molecule has 0 bridgehead atoms. The molecule has 4 rings (SSSR count). The summed E-state index contributed by atoms with van der Waals surface area (Å²) in [5.74, 6) is 0. The molecular weight excluding hydrogens is 416 g/mol. The molecule has 1 nitrogen and oxygen atoms in total. The summed E-state index contributed by atoms with van der Waals surface area (Å²) >= 11 is -3.39. The zero-order valence-corrected chi connectivity index (χ0v) is 18.0. The van der Waals surface area contributed by atoms with Gasteiger partial charge in [0.25, 0.3) is 0 Å². The minimum atomic E-state index is -3.39. The Labute approximate surface area is 156 Å². The Kier molecular flexibility index (Phi) is 5.17. The van der Waals surface area contributed by atoms with Gasteiger partial charge in [-0.25, -0.2) is 0 Å². The Morgan fingerprint density at radius 1 is 0.958 bits per heavy atom. The van der Waals surface area contributed by atoms with Gasteiger partial charge in [0.15, 0.2) is 0 Å². The first-order valence-corrected chi connectivity index (χ1v) is 17.2. The van der Waals surface area contributed by atoms with Gasteiger partial charge in [-0.1, -0.05) is 0 Å². The van der Waals surface area contributed by atoms with E-state index in [1.54, 1.807) is 0 Å². The summed E-state index contributed by atoms with van der Waals surface area (Å²) in [4.78, 5) is 3.68. The third-order valence-corrected chi connectivity index (χ3v) is 16.4. The van der Waals surface area contributed by atoms with Crippen LogP contribution in [0.3, 0.4) is 0 Å².